The van der Waals surface area contributed by atoms with Crippen molar-refractivity contribution in [3.8, 4) is 0 Å². The maximum Gasteiger partial charge on any atom is 0.335 e. The SMILES string of the molecule is COC1CCC(O)CO1.O=C(O)c1ccc([N+](=O)[O-])cc1. The van der Waals surface area contributed by atoms with Gasteiger partial charge in [-0.25, -0.2) is 4.79 Å². The number of nitro benzene ring substituents is 1. The van der Waals surface area contributed by atoms with Gasteiger partial charge in [-0.2, -0.15) is 0 Å². The molecular formula is C13H17NO7. The number of rotatable bonds is 3. The number of hydrogen-bond donors (Lipinski definition) is 2. The lowest BCUT2D eigenvalue weighted by molar-refractivity contribution is -0.384. The summed E-state index contributed by atoms with van der Waals surface area (Å²) in [6.07, 6.45) is 1.22. The highest BCUT2D eigenvalue weighted by atomic mass is 16.7. The van der Waals surface area contributed by atoms with E-state index in [1.807, 2.05) is 0 Å². The molecule has 0 bridgehead atoms. The number of aromatic carboxylic acids is 1. The van der Waals surface area contributed by atoms with Gasteiger partial charge in [0.2, 0.25) is 0 Å². The van der Waals surface area contributed by atoms with Gasteiger partial charge in [0.05, 0.1) is 23.2 Å². The van der Waals surface area contributed by atoms with Crippen LogP contribution in [0.15, 0.2) is 24.3 Å². The molecule has 0 radical (unpaired) electrons. The van der Waals surface area contributed by atoms with Gasteiger partial charge in [0, 0.05) is 25.7 Å². The highest BCUT2D eigenvalue weighted by Gasteiger charge is 2.18. The predicted molar refractivity (Wildman–Crippen MR) is 72.0 cm³/mol. The fourth-order valence-corrected chi connectivity index (χ4v) is 1.63. The average molecular weight is 299 g/mol. The Bertz CT molecular complexity index is 433. The Kier molecular flexibility index (Phi) is 6.73. The summed E-state index contributed by atoms with van der Waals surface area (Å²) in [5, 5.41) is 27.5. The predicted octanol–water partition coefficient (Wildman–Crippen LogP) is 1.42. The molecule has 116 valence electrons. The molecule has 1 fully saturated rings. The van der Waals surface area contributed by atoms with Crippen molar-refractivity contribution >= 4 is 11.7 Å². The molecule has 1 aliphatic heterocycles. The molecule has 1 aliphatic rings. The van der Waals surface area contributed by atoms with E-state index in [1.54, 1.807) is 7.11 Å². The number of benzene rings is 1. The number of carbonyl (C=O) groups is 1. The van der Waals surface area contributed by atoms with Crippen LogP contribution in [0.25, 0.3) is 0 Å². The first-order valence-electron chi connectivity index (χ1n) is 6.24. The zero-order chi connectivity index (χ0) is 15.8. The lowest BCUT2D eigenvalue weighted by Gasteiger charge is -2.24. The molecule has 1 heterocycles. The number of carboxylic acids is 1. The van der Waals surface area contributed by atoms with Crippen molar-refractivity contribution < 1.29 is 29.4 Å². The van der Waals surface area contributed by atoms with Crippen molar-refractivity contribution in [2.75, 3.05) is 13.7 Å². The Balaban J connectivity index is 0.000000219. The highest BCUT2D eigenvalue weighted by molar-refractivity contribution is 5.87. The van der Waals surface area contributed by atoms with Crippen LogP contribution in [0.1, 0.15) is 23.2 Å². The van der Waals surface area contributed by atoms with Gasteiger partial charge < -0.3 is 19.7 Å². The molecular weight excluding hydrogens is 282 g/mol. The molecule has 2 unspecified atom stereocenters. The number of non-ortho nitro benzene ring substituents is 1. The quantitative estimate of drug-likeness (QED) is 0.639. The van der Waals surface area contributed by atoms with Gasteiger partial charge in [0.15, 0.2) is 6.29 Å². The first-order chi connectivity index (χ1) is 9.93. The van der Waals surface area contributed by atoms with E-state index < -0.39 is 10.9 Å². The first kappa shape index (κ1) is 17.0. The summed E-state index contributed by atoms with van der Waals surface area (Å²) in [7, 11) is 1.61. The second-order valence-corrected chi connectivity index (χ2v) is 4.34. The fourth-order valence-electron chi connectivity index (χ4n) is 1.63. The van der Waals surface area contributed by atoms with Crippen LogP contribution in [-0.4, -0.2) is 47.2 Å². The number of carboxylic acid groups (broad SMARTS) is 1. The zero-order valence-corrected chi connectivity index (χ0v) is 11.5. The third-order valence-corrected chi connectivity index (χ3v) is 2.80. The van der Waals surface area contributed by atoms with Crippen LogP contribution >= 0.6 is 0 Å². The van der Waals surface area contributed by atoms with Crippen molar-refractivity contribution in [3.63, 3.8) is 0 Å². The van der Waals surface area contributed by atoms with Gasteiger partial charge in [-0.15, -0.1) is 0 Å². The van der Waals surface area contributed by atoms with E-state index in [4.69, 9.17) is 19.7 Å². The maximum absolute atomic E-state index is 10.3. The highest BCUT2D eigenvalue weighted by Crippen LogP contribution is 2.13. The number of aliphatic hydroxyl groups excluding tert-OH is 1. The molecule has 1 aromatic rings. The Morgan fingerprint density at radius 1 is 1.38 bits per heavy atom. The van der Waals surface area contributed by atoms with E-state index in [-0.39, 0.29) is 23.6 Å². The number of nitrogens with zero attached hydrogens (tertiary/aromatic N) is 1. The second kappa shape index (κ2) is 8.30. The normalized spacial score (nSPS) is 21.0. The van der Waals surface area contributed by atoms with E-state index in [0.717, 1.165) is 25.0 Å². The third-order valence-electron chi connectivity index (χ3n) is 2.80. The van der Waals surface area contributed by atoms with Crippen LogP contribution in [0.3, 0.4) is 0 Å². The van der Waals surface area contributed by atoms with Gasteiger partial charge in [-0.3, -0.25) is 10.1 Å². The van der Waals surface area contributed by atoms with Gasteiger partial charge in [0.1, 0.15) is 0 Å². The Morgan fingerprint density at radius 3 is 2.38 bits per heavy atom. The van der Waals surface area contributed by atoms with Crippen molar-refractivity contribution in [2.24, 2.45) is 0 Å². The summed E-state index contributed by atoms with van der Waals surface area (Å²) in [4.78, 5) is 19.9. The minimum Gasteiger partial charge on any atom is -0.478 e. The van der Waals surface area contributed by atoms with Crippen LogP contribution in [0, 0.1) is 10.1 Å². The number of ether oxygens (including phenoxy) is 2. The van der Waals surface area contributed by atoms with Crippen LogP contribution < -0.4 is 0 Å². The molecule has 2 rings (SSSR count). The molecule has 1 aromatic carbocycles. The number of nitro groups is 1. The molecule has 21 heavy (non-hydrogen) atoms. The van der Waals surface area contributed by atoms with Gasteiger partial charge in [0.25, 0.3) is 5.69 Å². The molecule has 0 saturated carbocycles. The maximum atomic E-state index is 10.3. The second-order valence-electron chi connectivity index (χ2n) is 4.34. The van der Waals surface area contributed by atoms with E-state index in [9.17, 15) is 14.9 Å². The van der Waals surface area contributed by atoms with Crippen LogP contribution in [0.4, 0.5) is 5.69 Å². The van der Waals surface area contributed by atoms with E-state index in [0.29, 0.717) is 6.61 Å². The van der Waals surface area contributed by atoms with Crippen LogP contribution in [0.2, 0.25) is 0 Å². The molecule has 0 aliphatic carbocycles. The largest absolute Gasteiger partial charge is 0.478 e. The summed E-state index contributed by atoms with van der Waals surface area (Å²) in [6, 6.07) is 4.70. The number of methoxy groups -OCH3 is 1. The van der Waals surface area contributed by atoms with E-state index in [1.165, 1.54) is 12.1 Å². The minimum absolute atomic E-state index is 0.0422. The molecule has 8 nitrogen and oxygen atoms in total. The van der Waals surface area contributed by atoms with Gasteiger partial charge in [-0.05, 0) is 18.6 Å². The van der Waals surface area contributed by atoms with Crippen molar-refractivity contribution in [3.05, 3.63) is 39.9 Å². The molecule has 2 N–H and O–H groups in total. The summed E-state index contributed by atoms with van der Waals surface area (Å²) in [6.45, 7) is 0.415. The van der Waals surface area contributed by atoms with Crippen molar-refractivity contribution in [2.45, 2.75) is 25.2 Å². The van der Waals surface area contributed by atoms with Crippen molar-refractivity contribution in [1.82, 2.24) is 0 Å². The van der Waals surface area contributed by atoms with Crippen LogP contribution in [0.5, 0.6) is 0 Å². The molecule has 0 aromatic heterocycles. The molecule has 2 atom stereocenters. The average Bonchev–Trinajstić information content (AvgIpc) is 2.49. The number of aliphatic hydroxyl groups is 1. The lowest BCUT2D eigenvalue weighted by Crippen LogP contribution is -2.30. The molecule has 1 saturated heterocycles. The molecule has 0 spiro atoms. The van der Waals surface area contributed by atoms with Crippen molar-refractivity contribution in [1.29, 1.82) is 0 Å². The number of hydrogen-bond acceptors (Lipinski definition) is 6. The molecule has 0 amide bonds. The standard InChI is InChI=1S/C7H5NO4.C6H12O3/c9-7(10)5-1-3-6(4-2-5)8(11)12;1-8-6-3-2-5(7)4-9-6/h1-4H,(H,9,10);5-7H,2-4H2,1H3. The zero-order valence-electron chi connectivity index (χ0n) is 11.5. The third kappa shape index (κ3) is 5.86. The smallest absolute Gasteiger partial charge is 0.335 e. The molecule has 8 heteroatoms. The first-order valence-corrected chi connectivity index (χ1v) is 6.24. The van der Waals surface area contributed by atoms with Gasteiger partial charge in [-0.1, -0.05) is 0 Å². The van der Waals surface area contributed by atoms with Gasteiger partial charge >= 0.3 is 5.97 Å². The van der Waals surface area contributed by atoms with E-state index in [2.05, 4.69) is 0 Å². The monoisotopic (exact) mass is 299 g/mol. The topological polar surface area (TPSA) is 119 Å². The van der Waals surface area contributed by atoms with E-state index >= 15 is 0 Å². The Morgan fingerprint density at radius 2 is 2.00 bits per heavy atom. The van der Waals surface area contributed by atoms with Crippen LogP contribution in [-0.2, 0) is 9.47 Å². The summed E-state index contributed by atoms with van der Waals surface area (Å²) in [5.74, 6) is -1.09. The lowest BCUT2D eigenvalue weighted by atomic mass is 10.1. The summed E-state index contributed by atoms with van der Waals surface area (Å²) in [5.41, 5.74) is -0.0689. The summed E-state index contributed by atoms with van der Waals surface area (Å²) < 4.78 is 9.97. The Hall–Kier alpha value is -2.03. The fraction of sp³-hybridized carbons (Fsp3) is 0.462. The minimum atomic E-state index is -1.09. The Labute approximate surface area is 121 Å². The summed E-state index contributed by atoms with van der Waals surface area (Å²) >= 11 is 0.